The largest absolute Gasteiger partial charge is 0.497 e. The Morgan fingerprint density at radius 2 is 1.91 bits per heavy atom. The first kappa shape index (κ1) is 22.7. The number of amides is 1. The summed E-state index contributed by atoms with van der Waals surface area (Å²) in [6, 6.07) is 17.1. The zero-order chi connectivity index (χ0) is 23.2. The Bertz CT molecular complexity index is 1130. The fraction of sp³-hybridized carbons (Fsp3) is 0.280. The molecule has 2 heterocycles. The van der Waals surface area contributed by atoms with Gasteiger partial charge in [0.2, 0.25) is 0 Å². The molecule has 172 valence electrons. The zero-order valence-corrected chi connectivity index (χ0v) is 19.6. The van der Waals surface area contributed by atoms with Crippen LogP contribution in [0.3, 0.4) is 0 Å². The average molecular weight is 467 g/mol. The third-order valence-electron chi connectivity index (χ3n) is 5.40. The van der Waals surface area contributed by atoms with E-state index in [0.717, 1.165) is 22.6 Å². The lowest BCUT2D eigenvalue weighted by Crippen LogP contribution is -2.37. The lowest BCUT2D eigenvalue weighted by atomic mass is 10.0. The molecule has 1 aliphatic heterocycles. The molecule has 1 aromatic heterocycles. The molecule has 0 fully saturated rings. The number of benzene rings is 2. The van der Waals surface area contributed by atoms with Crippen molar-refractivity contribution in [2.75, 3.05) is 27.9 Å². The van der Waals surface area contributed by atoms with Crippen molar-refractivity contribution in [1.82, 2.24) is 4.90 Å². The van der Waals surface area contributed by atoms with Gasteiger partial charge in [0, 0.05) is 18.5 Å². The van der Waals surface area contributed by atoms with Crippen LogP contribution in [0.5, 0.6) is 17.2 Å². The lowest BCUT2D eigenvalue weighted by Gasteiger charge is -2.24. The second-order valence-corrected chi connectivity index (χ2v) is 8.50. The first-order valence-electron chi connectivity index (χ1n) is 10.5. The molecule has 1 atom stereocenters. The number of ether oxygens (including phenoxy) is 3. The number of hydrogen-bond donors (Lipinski definition) is 0. The van der Waals surface area contributed by atoms with Crippen LogP contribution in [0.4, 0.5) is 0 Å². The predicted molar refractivity (Wildman–Crippen MR) is 128 cm³/mol. The first-order valence-corrected chi connectivity index (χ1v) is 11.4. The Labute approximate surface area is 197 Å². The van der Waals surface area contributed by atoms with Gasteiger partial charge >= 0.3 is 0 Å². The highest BCUT2D eigenvalue weighted by Crippen LogP contribution is 2.30. The SMILES string of the molecule is COc1cccc(CN(CC2CC(c3ccc(OC)c(OC)c3)=NO2)C(=O)c2cccs2)c1. The summed E-state index contributed by atoms with van der Waals surface area (Å²) in [4.78, 5) is 21.5. The van der Waals surface area contributed by atoms with Gasteiger partial charge in [-0.15, -0.1) is 11.3 Å². The Kier molecular flexibility index (Phi) is 7.14. The Morgan fingerprint density at radius 1 is 1.06 bits per heavy atom. The van der Waals surface area contributed by atoms with Gasteiger partial charge < -0.3 is 23.9 Å². The molecule has 0 saturated heterocycles. The minimum Gasteiger partial charge on any atom is -0.497 e. The summed E-state index contributed by atoms with van der Waals surface area (Å²) in [5.41, 5.74) is 2.70. The summed E-state index contributed by atoms with van der Waals surface area (Å²) >= 11 is 1.43. The second-order valence-electron chi connectivity index (χ2n) is 7.55. The molecule has 0 saturated carbocycles. The topological polar surface area (TPSA) is 69.6 Å². The standard InChI is InChI=1S/C25H26N2O5S/c1-29-19-7-4-6-17(12-19)15-27(25(28)24-8-5-11-33-24)16-20-14-21(26-32-20)18-9-10-22(30-2)23(13-18)31-3/h4-13,20H,14-16H2,1-3H3. The summed E-state index contributed by atoms with van der Waals surface area (Å²) in [5.74, 6) is 2.01. The molecule has 1 aliphatic rings. The van der Waals surface area contributed by atoms with E-state index in [0.29, 0.717) is 35.9 Å². The van der Waals surface area contributed by atoms with Crippen LogP contribution in [0.25, 0.3) is 0 Å². The van der Waals surface area contributed by atoms with Crippen LogP contribution in [0.1, 0.15) is 27.2 Å². The summed E-state index contributed by atoms with van der Waals surface area (Å²) in [6.07, 6.45) is 0.338. The van der Waals surface area contributed by atoms with Crippen molar-refractivity contribution in [2.24, 2.45) is 5.16 Å². The van der Waals surface area contributed by atoms with Gasteiger partial charge in [0.05, 0.1) is 38.5 Å². The molecular formula is C25H26N2O5S. The monoisotopic (exact) mass is 466 g/mol. The summed E-state index contributed by atoms with van der Waals surface area (Å²) in [6.45, 7) is 0.855. The van der Waals surface area contributed by atoms with Gasteiger partial charge in [0.25, 0.3) is 5.91 Å². The van der Waals surface area contributed by atoms with E-state index in [9.17, 15) is 4.79 Å². The summed E-state index contributed by atoms with van der Waals surface area (Å²) < 4.78 is 16.1. The molecular weight excluding hydrogens is 440 g/mol. The molecule has 0 N–H and O–H groups in total. The fourth-order valence-corrected chi connectivity index (χ4v) is 4.42. The molecule has 2 aromatic carbocycles. The summed E-state index contributed by atoms with van der Waals surface area (Å²) in [7, 11) is 4.84. The van der Waals surface area contributed by atoms with Gasteiger partial charge in [-0.05, 0) is 47.3 Å². The molecule has 1 amide bonds. The number of carbonyl (C=O) groups is 1. The smallest absolute Gasteiger partial charge is 0.264 e. The van der Waals surface area contributed by atoms with Crippen molar-refractivity contribution < 1.29 is 23.8 Å². The Morgan fingerprint density at radius 3 is 2.64 bits per heavy atom. The second kappa shape index (κ2) is 10.4. The highest BCUT2D eigenvalue weighted by molar-refractivity contribution is 7.12. The van der Waals surface area contributed by atoms with E-state index in [1.807, 2.05) is 60.0 Å². The van der Waals surface area contributed by atoms with Crippen LogP contribution in [-0.2, 0) is 11.4 Å². The molecule has 1 unspecified atom stereocenters. The highest BCUT2D eigenvalue weighted by Gasteiger charge is 2.28. The van der Waals surface area contributed by atoms with Crippen LogP contribution in [0.15, 0.2) is 65.1 Å². The number of hydrogen-bond acceptors (Lipinski definition) is 7. The van der Waals surface area contributed by atoms with Gasteiger partial charge in [-0.25, -0.2) is 0 Å². The maximum Gasteiger partial charge on any atom is 0.264 e. The van der Waals surface area contributed by atoms with E-state index in [2.05, 4.69) is 5.16 Å². The predicted octanol–water partition coefficient (Wildman–Crippen LogP) is 4.61. The normalized spacial score (nSPS) is 14.9. The van der Waals surface area contributed by atoms with E-state index in [-0.39, 0.29) is 12.0 Å². The Hall–Kier alpha value is -3.52. The molecule has 0 spiro atoms. The van der Waals surface area contributed by atoms with Crippen LogP contribution in [-0.4, -0.2) is 50.5 Å². The number of nitrogens with zero attached hydrogens (tertiary/aromatic N) is 2. The molecule has 0 aliphatic carbocycles. The minimum atomic E-state index is -0.248. The molecule has 4 rings (SSSR count). The van der Waals surface area contributed by atoms with E-state index in [4.69, 9.17) is 19.0 Å². The maximum absolute atomic E-state index is 13.2. The van der Waals surface area contributed by atoms with Crippen molar-refractivity contribution in [2.45, 2.75) is 19.1 Å². The zero-order valence-electron chi connectivity index (χ0n) is 18.8. The van der Waals surface area contributed by atoms with Crippen LogP contribution >= 0.6 is 11.3 Å². The van der Waals surface area contributed by atoms with Crippen molar-refractivity contribution in [3.8, 4) is 17.2 Å². The van der Waals surface area contributed by atoms with Crippen molar-refractivity contribution in [3.63, 3.8) is 0 Å². The third kappa shape index (κ3) is 5.28. The molecule has 0 radical (unpaired) electrons. The van der Waals surface area contributed by atoms with Gasteiger partial charge in [-0.1, -0.05) is 23.4 Å². The molecule has 3 aromatic rings. The molecule has 0 bridgehead atoms. The summed E-state index contributed by atoms with van der Waals surface area (Å²) in [5, 5.41) is 6.20. The van der Waals surface area contributed by atoms with Crippen molar-refractivity contribution in [1.29, 1.82) is 0 Å². The van der Waals surface area contributed by atoms with Crippen molar-refractivity contribution in [3.05, 3.63) is 76.0 Å². The number of thiophene rings is 1. The fourth-order valence-electron chi connectivity index (χ4n) is 3.72. The average Bonchev–Trinajstić information content (AvgIpc) is 3.55. The van der Waals surface area contributed by atoms with E-state index < -0.39 is 0 Å². The van der Waals surface area contributed by atoms with Crippen molar-refractivity contribution >= 4 is 23.0 Å². The first-order chi connectivity index (χ1) is 16.1. The number of methoxy groups -OCH3 is 3. The minimum absolute atomic E-state index is 0.0315. The van der Waals surface area contributed by atoms with Gasteiger partial charge in [0.15, 0.2) is 17.6 Å². The third-order valence-corrected chi connectivity index (χ3v) is 6.26. The van der Waals surface area contributed by atoms with E-state index in [1.165, 1.54) is 11.3 Å². The number of rotatable bonds is 9. The lowest BCUT2D eigenvalue weighted by molar-refractivity contribution is 0.0408. The van der Waals surface area contributed by atoms with Crippen LogP contribution in [0.2, 0.25) is 0 Å². The van der Waals surface area contributed by atoms with Crippen LogP contribution in [0, 0.1) is 0 Å². The molecule has 7 nitrogen and oxygen atoms in total. The number of oxime groups is 1. The molecule has 8 heteroatoms. The maximum atomic E-state index is 13.2. The van der Waals surface area contributed by atoms with E-state index >= 15 is 0 Å². The number of carbonyl (C=O) groups excluding carboxylic acids is 1. The van der Waals surface area contributed by atoms with E-state index in [1.54, 1.807) is 26.2 Å². The Balaban J connectivity index is 1.49. The van der Waals surface area contributed by atoms with Gasteiger partial charge in [-0.3, -0.25) is 4.79 Å². The quantitative estimate of drug-likeness (QED) is 0.461. The molecule has 33 heavy (non-hydrogen) atoms. The highest BCUT2D eigenvalue weighted by atomic mass is 32.1. The van der Waals surface area contributed by atoms with Gasteiger partial charge in [-0.2, -0.15) is 0 Å². The van der Waals surface area contributed by atoms with Gasteiger partial charge in [0.1, 0.15) is 5.75 Å². The van der Waals surface area contributed by atoms with Crippen LogP contribution < -0.4 is 14.2 Å².